The SMILES string of the molecule is CCNC(=O)C(CO)NC(=O)[C@H](C)NCC(CC(C)C)NC(=O)CC. The van der Waals surface area contributed by atoms with Crippen molar-refractivity contribution in [1.29, 1.82) is 0 Å². The first-order valence-electron chi connectivity index (χ1n) is 8.96. The highest BCUT2D eigenvalue weighted by Gasteiger charge is 2.23. The van der Waals surface area contributed by atoms with Gasteiger partial charge in [0.15, 0.2) is 0 Å². The highest BCUT2D eigenvalue weighted by atomic mass is 16.3. The molecule has 0 saturated carbocycles. The fourth-order valence-corrected chi connectivity index (χ4v) is 2.29. The largest absolute Gasteiger partial charge is 0.394 e. The smallest absolute Gasteiger partial charge is 0.244 e. The van der Waals surface area contributed by atoms with E-state index in [1.165, 1.54) is 0 Å². The number of hydrogen-bond acceptors (Lipinski definition) is 5. The molecular weight excluding hydrogens is 324 g/mol. The average Bonchev–Trinajstić information content (AvgIpc) is 2.56. The van der Waals surface area contributed by atoms with Gasteiger partial charge in [-0.05, 0) is 26.2 Å². The molecule has 0 radical (unpaired) electrons. The van der Waals surface area contributed by atoms with E-state index in [1.54, 1.807) is 20.8 Å². The van der Waals surface area contributed by atoms with Crippen molar-refractivity contribution in [2.75, 3.05) is 19.7 Å². The second-order valence-corrected chi connectivity index (χ2v) is 6.52. The van der Waals surface area contributed by atoms with Crippen LogP contribution < -0.4 is 21.3 Å². The van der Waals surface area contributed by atoms with Gasteiger partial charge in [0.1, 0.15) is 6.04 Å². The molecule has 0 aliphatic heterocycles. The monoisotopic (exact) mass is 358 g/mol. The molecule has 146 valence electrons. The first kappa shape index (κ1) is 23.3. The quantitative estimate of drug-likeness (QED) is 0.323. The lowest BCUT2D eigenvalue weighted by Gasteiger charge is -2.24. The molecule has 0 aromatic rings. The van der Waals surface area contributed by atoms with Crippen LogP contribution in [0.5, 0.6) is 0 Å². The van der Waals surface area contributed by atoms with Gasteiger partial charge in [0.2, 0.25) is 17.7 Å². The lowest BCUT2D eigenvalue weighted by molar-refractivity contribution is -0.130. The van der Waals surface area contributed by atoms with Crippen LogP contribution in [-0.2, 0) is 14.4 Å². The maximum atomic E-state index is 12.2. The van der Waals surface area contributed by atoms with Crippen molar-refractivity contribution >= 4 is 17.7 Å². The highest BCUT2D eigenvalue weighted by molar-refractivity contribution is 5.89. The summed E-state index contributed by atoms with van der Waals surface area (Å²) >= 11 is 0. The average molecular weight is 358 g/mol. The minimum absolute atomic E-state index is 0.0267. The Labute approximate surface area is 150 Å². The van der Waals surface area contributed by atoms with E-state index in [2.05, 4.69) is 35.1 Å². The number of amides is 3. The molecule has 8 nitrogen and oxygen atoms in total. The molecule has 0 aliphatic rings. The molecule has 0 fully saturated rings. The predicted molar refractivity (Wildman–Crippen MR) is 96.8 cm³/mol. The number of aliphatic hydroxyl groups excluding tert-OH is 1. The molecule has 0 rings (SSSR count). The topological polar surface area (TPSA) is 120 Å². The number of carbonyl (C=O) groups is 3. The van der Waals surface area contributed by atoms with E-state index < -0.39 is 24.6 Å². The minimum Gasteiger partial charge on any atom is -0.394 e. The zero-order valence-electron chi connectivity index (χ0n) is 16.0. The number of nitrogens with one attached hydrogen (secondary N) is 4. The van der Waals surface area contributed by atoms with Crippen molar-refractivity contribution in [2.45, 2.75) is 65.6 Å². The maximum absolute atomic E-state index is 12.2. The molecule has 2 unspecified atom stereocenters. The Hall–Kier alpha value is -1.67. The second-order valence-electron chi connectivity index (χ2n) is 6.52. The minimum atomic E-state index is -0.969. The van der Waals surface area contributed by atoms with Gasteiger partial charge in [0, 0.05) is 25.6 Å². The normalized spacial score (nSPS) is 14.5. The van der Waals surface area contributed by atoms with Gasteiger partial charge < -0.3 is 26.4 Å². The molecule has 0 aromatic carbocycles. The van der Waals surface area contributed by atoms with Gasteiger partial charge in [-0.3, -0.25) is 14.4 Å². The van der Waals surface area contributed by atoms with Gasteiger partial charge in [-0.1, -0.05) is 20.8 Å². The van der Waals surface area contributed by atoms with E-state index in [1.807, 2.05) is 0 Å². The van der Waals surface area contributed by atoms with Gasteiger partial charge in [0.25, 0.3) is 0 Å². The van der Waals surface area contributed by atoms with E-state index in [-0.39, 0.29) is 17.9 Å². The molecular formula is C17H34N4O4. The van der Waals surface area contributed by atoms with Crippen LogP contribution in [0.25, 0.3) is 0 Å². The van der Waals surface area contributed by atoms with Gasteiger partial charge in [0.05, 0.1) is 12.6 Å². The molecule has 0 heterocycles. The Balaban J connectivity index is 4.55. The molecule has 3 amide bonds. The fraction of sp³-hybridized carbons (Fsp3) is 0.824. The summed E-state index contributed by atoms with van der Waals surface area (Å²) in [5.41, 5.74) is 0. The molecule has 0 aliphatic carbocycles. The summed E-state index contributed by atoms with van der Waals surface area (Å²) in [5, 5.41) is 20.3. The second kappa shape index (κ2) is 12.7. The van der Waals surface area contributed by atoms with Gasteiger partial charge >= 0.3 is 0 Å². The van der Waals surface area contributed by atoms with Crippen LogP contribution in [0.4, 0.5) is 0 Å². The molecule has 25 heavy (non-hydrogen) atoms. The van der Waals surface area contributed by atoms with Crippen molar-refractivity contribution in [2.24, 2.45) is 5.92 Å². The van der Waals surface area contributed by atoms with Crippen LogP contribution in [0.15, 0.2) is 0 Å². The van der Waals surface area contributed by atoms with Crippen LogP contribution in [0.1, 0.15) is 47.5 Å². The highest BCUT2D eigenvalue weighted by Crippen LogP contribution is 2.05. The van der Waals surface area contributed by atoms with E-state index >= 15 is 0 Å². The molecule has 8 heteroatoms. The van der Waals surface area contributed by atoms with Crippen LogP contribution in [0.3, 0.4) is 0 Å². The number of aliphatic hydroxyl groups is 1. The lowest BCUT2D eigenvalue weighted by Crippen LogP contribution is -2.55. The summed E-state index contributed by atoms with van der Waals surface area (Å²) in [5.74, 6) is -0.417. The number of likely N-dealkylation sites (N-methyl/N-ethyl adjacent to an activating group) is 1. The van der Waals surface area contributed by atoms with E-state index in [9.17, 15) is 19.5 Å². The van der Waals surface area contributed by atoms with Gasteiger partial charge in [-0.2, -0.15) is 0 Å². The number of hydrogen-bond donors (Lipinski definition) is 5. The number of carbonyl (C=O) groups excluding carboxylic acids is 3. The molecule has 0 spiro atoms. The third-order valence-corrected chi connectivity index (χ3v) is 3.67. The Bertz CT molecular complexity index is 429. The van der Waals surface area contributed by atoms with Crippen molar-refractivity contribution in [3.8, 4) is 0 Å². The summed E-state index contributed by atoms with van der Waals surface area (Å²) in [7, 11) is 0. The van der Waals surface area contributed by atoms with Crippen molar-refractivity contribution in [1.82, 2.24) is 21.3 Å². The van der Waals surface area contributed by atoms with E-state index in [0.29, 0.717) is 25.4 Å². The van der Waals surface area contributed by atoms with Crippen LogP contribution in [0.2, 0.25) is 0 Å². The third kappa shape index (κ3) is 10.0. The Morgan fingerprint density at radius 3 is 2.12 bits per heavy atom. The molecule has 3 atom stereocenters. The van der Waals surface area contributed by atoms with Crippen molar-refractivity contribution in [3.05, 3.63) is 0 Å². The molecule has 5 N–H and O–H groups in total. The van der Waals surface area contributed by atoms with E-state index in [4.69, 9.17) is 0 Å². The Morgan fingerprint density at radius 1 is 1.00 bits per heavy atom. The summed E-state index contributed by atoms with van der Waals surface area (Å²) in [6, 6.07) is -1.60. The zero-order valence-corrected chi connectivity index (χ0v) is 16.0. The first-order valence-corrected chi connectivity index (χ1v) is 8.96. The lowest BCUT2D eigenvalue weighted by atomic mass is 10.0. The number of rotatable bonds is 12. The Morgan fingerprint density at radius 2 is 1.64 bits per heavy atom. The fourth-order valence-electron chi connectivity index (χ4n) is 2.29. The summed E-state index contributed by atoms with van der Waals surface area (Å²) in [6.07, 6.45) is 1.21. The standard InChI is InChI=1S/C17H34N4O4/c1-6-15(23)20-13(8-11(3)4)9-19-12(5)16(24)21-14(10-22)17(25)18-7-2/h11-14,19,22H,6-10H2,1-5H3,(H,18,25)(H,20,23)(H,21,24)/t12-,13?,14?/m0/s1. The Kier molecular flexibility index (Phi) is 11.8. The van der Waals surface area contributed by atoms with Crippen molar-refractivity contribution in [3.63, 3.8) is 0 Å². The maximum Gasteiger partial charge on any atom is 0.244 e. The summed E-state index contributed by atoms with van der Waals surface area (Å²) in [4.78, 5) is 35.5. The molecule has 0 aromatic heterocycles. The summed E-state index contributed by atoms with van der Waals surface area (Å²) in [6.45, 7) is 9.77. The van der Waals surface area contributed by atoms with Crippen LogP contribution in [0, 0.1) is 5.92 Å². The summed E-state index contributed by atoms with van der Waals surface area (Å²) < 4.78 is 0. The van der Waals surface area contributed by atoms with Gasteiger partial charge in [-0.25, -0.2) is 0 Å². The first-order chi connectivity index (χ1) is 11.7. The van der Waals surface area contributed by atoms with Crippen molar-refractivity contribution < 1.29 is 19.5 Å². The third-order valence-electron chi connectivity index (χ3n) is 3.67. The predicted octanol–water partition coefficient (Wildman–Crippen LogP) is -0.481. The zero-order chi connectivity index (χ0) is 19.4. The van der Waals surface area contributed by atoms with Crippen LogP contribution >= 0.6 is 0 Å². The van der Waals surface area contributed by atoms with Gasteiger partial charge in [-0.15, -0.1) is 0 Å². The van der Waals surface area contributed by atoms with Crippen LogP contribution in [-0.4, -0.2) is 60.6 Å². The van der Waals surface area contributed by atoms with E-state index in [0.717, 1.165) is 6.42 Å². The molecule has 0 saturated heterocycles. The molecule has 0 bridgehead atoms.